The molecule has 100 valence electrons. The number of nitrogens with zero attached hydrogens (tertiary/aromatic N) is 1. The van der Waals surface area contributed by atoms with Gasteiger partial charge in [-0.3, -0.25) is 0 Å². The first-order chi connectivity index (χ1) is 8.14. The lowest BCUT2D eigenvalue weighted by molar-refractivity contribution is 0.0112. The fourth-order valence-electron chi connectivity index (χ4n) is 2.20. The van der Waals surface area contributed by atoms with Gasteiger partial charge in [-0.25, -0.2) is 8.42 Å². The van der Waals surface area contributed by atoms with E-state index in [1.165, 1.54) is 4.31 Å². The van der Waals surface area contributed by atoms with E-state index in [9.17, 15) is 8.42 Å². The Kier molecular flexibility index (Phi) is 4.65. The van der Waals surface area contributed by atoms with E-state index in [1.807, 2.05) is 0 Å². The lowest BCUT2D eigenvalue weighted by Crippen LogP contribution is -2.50. The SMILES string of the molecule is O=S(=O)(C1CCOCC1)N1CCOC(CCl)C1. The second-order valence-corrected chi connectivity index (χ2v) is 6.88. The van der Waals surface area contributed by atoms with Crippen molar-refractivity contribution < 1.29 is 17.9 Å². The molecule has 0 aromatic carbocycles. The minimum atomic E-state index is -3.21. The van der Waals surface area contributed by atoms with Crippen molar-refractivity contribution in [3.8, 4) is 0 Å². The zero-order valence-corrected chi connectivity index (χ0v) is 11.3. The zero-order valence-electron chi connectivity index (χ0n) is 9.68. The number of hydrogen-bond acceptors (Lipinski definition) is 4. The van der Waals surface area contributed by atoms with Crippen LogP contribution < -0.4 is 0 Å². The summed E-state index contributed by atoms with van der Waals surface area (Å²) in [6.45, 7) is 2.32. The van der Waals surface area contributed by atoms with Gasteiger partial charge < -0.3 is 9.47 Å². The molecule has 0 radical (unpaired) electrons. The minimum Gasteiger partial charge on any atom is -0.381 e. The number of halogens is 1. The van der Waals surface area contributed by atoms with E-state index in [0.717, 1.165) is 0 Å². The highest BCUT2D eigenvalue weighted by molar-refractivity contribution is 7.89. The number of rotatable bonds is 3. The predicted octanol–water partition coefficient (Wildman–Crippen LogP) is 0.435. The van der Waals surface area contributed by atoms with Crippen molar-refractivity contribution >= 4 is 21.6 Å². The van der Waals surface area contributed by atoms with Gasteiger partial charge in [-0.05, 0) is 12.8 Å². The summed E-state index contributed by atoms with van der Waals surface area (Å²) in [5, 5.41) is -0.301. The van der Waals surface area contributed by atoms with Crippen molar-refractivity contribution in [2.75, 3.05) is 38.8 Å². The molecular weight excluding hydrogens is 266 g/mol. The fourth-order valence-corrected chi connectivity index (χ4v) is 4.30. The van der Waals surface area contributed by atoms with Crippen molar-refractivity contribution in [1.82, 2.24) is 4.31 Å². The summed E-state index contributed by atoms with van der Waals surface area (Å²) in [7, 11) is -3.21. The highest BCUT2D eigenvalue weighted by atomic mass is 35.5. The number of alkyl halides is 1. The van der Waals surface area contributed by atoms with E-state index in [2.05, 4.69) is 0 Å². The predicted molar refractivity (Wildman–Crippen MR) is 64.8 cm³/mol. The van der Waals surface area contributed by atoms with Gasteiger partial charge in [0.05, 0.1) is 18.0 Å². The van der Waals surface area contributed by atoms with E-state index in [4.69, 9.17) is 21.1 Å². The second kappa shape index (κ2) is 5.84. The molecule has 0 aromatic heterocycles. The summed E-state index contributed by atoms with van der Waals surface area (Å²) in [6.07, 6.45) is 0.997. The Hall–Kier alpha value is 0.120. The monoisotopic (exact) mass is 283 g/mol. The number of morpholine rings is 1. The molecule has 7 heteroatoms. The van der Waals surface area contributed by atoms with Crippen molar-refractivity contribution in [2.45, 2.75) is 24.2 Å². The van der Waals surface area contributed by atoms with E-state index in [1.54, 1.807) is 0 Å². The number of sulfonamides is 1. The Morgan fingerprint density at radius 1 is 1.24 bits per heavy atom. The van der Waals surface area contributed by atoms with Gasteiger partial charge >= 0.3 is 0 Å². The van der Waals surface area contributed by atoms with E-state index < -0.39 is 10.0 Å². The quantitative estimate of drug-likeness (QED) is 0.705. The van der Waals surface area contributed by atoms with Gasteiger partial charge in [-0.15, -0.1) is 11.6 Å². The minimum absolute atomic E-state index is 0.181. The Morgan fingerprint density at radius 3 is 2.59 bits per heavy atom. The topological polar surface area (TPSA) is 55.8 Å². The average molecular weight is 284 g/mol. The smallest absolute Gasteiger partial charge is 0.217 e. The largest absolute Gasteiger partial charge is 0.381 e. The van der Waals surface area contributed by atoms with Crippen LogP contribution >= 0.6 is 11.6 Å². The first kappa shape index (κ1) is 13.5. The molecule has 2 heterocycles. The standard InChI is InChI=1S/C10H18ClNO4S/c11-7-9-8-12(3-6-16-9)17(13,14)10-1-4-15-5-2-10/h9-10H,1-8H2. The molecule has 0 spiro atoms. The van der Waals surface area contributed by atoms with Crippen LogP contribution in [0.5, 0.6) is 0 Å². The molecule has 17 heavy (non-hydrogen) atoms. The number of ether oxygens (including phenoxy) is 2. The summed E-state index contributed by atoms with van der Waals surface area (Å²) < 4.78 is 36.8. The summed E-state index contributed by atoms with van der Waals surface area (Å²) in [5.74, 6) is 0.333. The first-order valence-electron chi connectivity index (χ1n) is 5.89. The molecule has 5 nitrogen and oxygen atoms in total. The van der Waals surface area contributed by atoms with Crippen LogP contribution in [0.4, 0.5) is 0 Å². The molecule has 0 bridgehead atoms. The van der Waals surface area contributed by atoms with Crippen LogP contribution in [0.3, 0.4) is 0 Å². The zero-order chi connectivity index (χ0) is 12.3. The van der Waals surface area contributed by atoms with Gasteiger partial charge in [0.25, 0.3) is 0 Å². The third-order valence-corrected chi connectivity index (χ3v) is 5.93. The maximum atomic E-state index is 12.4. The Balaban J connectivity index is 2.03. The van der Waals surface area contributed by atoms with Gasteiger partial charge in [-0.1, -0.05) is 0 Å². The molecule has 1 atom stereocenters. The van der Waals surface area contributed by atoms with E-state index in [-0.39, 0.29) is 11.4 Å². The van der Waals surface area contributed by atoms with E-state index in [0.29, 0.717) is 51.6 Å². The summed E-state index contributed by atoms with van der Waals surface area (Å²) in [6, 6.07) is 0. The van der Waals surface area contributed by atoms with Crippen molar-refractivity contribution in [1.29, 1.82) is 0 Å². The molecule has 0 N–H and O–H groups in total. The third kappa shape index (κ3) is 3.12. The normalized spacial score (nSPS) is 29.4. The molecule has 2 fully saturated rings. The van der Waals surface area contributed by atoms with Gasteiger partial charge in [0, 0.05) is 32.2 Å². The second-order valence-electron chi connectivity index (χ2n) is 4.36. The lowest BCUT2D eigenvalue weighted by Gasteiger charge is -2.34. The molecule has 2 rings (SSSR count). The third-order valence-electron chi connectivity index (χ3n) is 3.22. The van der Waals surface area contributed by atoms with Crippen LogP contribution in [0.15, 0.2) is 0 Å². The fraction of sp³-hybridized carbons (Fsp3) is 1.00. The maximum Gasteiger partial charge on any atom is 0.217 e. The molecule has 2 saturated heterocycles. The van der Waals surface area contributed by atoms with Crippen molar-refractivity contribution in [2.24, 2.45) is 0 Å². The molecule has 2 aliphatic rings. The van der Waals surface area contributed by atoms with Gasteiger partial charge in [0.15, 0.2) is 0 Å². The number of hydrogen-bond donors (Lipinski definition) is 0. The first-order valence-corrected chi connectivity index (χ1v) is 7.92. The molecule has 0 amide bonds. The van der Waals surface area contributed by atoms with Crippen molar-refractivity contribution in [3.63, 3.8) is 0 Å². The van der Waals surface area contributed by atoms with E-state index >= 15 is 0 Å². The van der Waals surface area contributed by atoms with Crippen LogP contribution in [0.1, 0.15) is 12.8 Å². The molecule has 0 aliphatic carbocycles. The van der Waals surface area contributed by atoms with Crippen LogP contribution in [0, 0.1) is 0 Å². The summed E-state index contributed by atoms with van der Waals surface area (Å²) >= 11 is 5.72. The molecular formula is C10H18ClNO4S. The van der Waals surface area contributed by atoms with Crippen molar-refractivity contribution in [3.05, 3.63) is 0 Å². The molecule has 0 saturated carbocycles. The molecule has 0 aromatic rings. The Morgan fingerprint density at radius 2 is 1.94 bits per heavy atom. The van der Waals surface area contributed by atoms with Gasteiger partial charge in [0.2, 0.25) is 10.0 Å². The highest BCUT2D eigenvalue weighted by Gasteiger charge is 2.36. The van der Waals surface area contributed by atoms with Crippen LogP contribution in [0.25, 0.3) is 0 Å². The van der Waals surface area contributed by atoms with Crippen LogP contribution in [0.2, 0.25) is 0 Å². The van der Waals surface area contributed by atoms with Gasteiger partial charge in [-0.2, -0.15) is 4.31 Å². The molecule has 1 unspecified atom stereocenters. The van der Waals surface area contributed by atoms with Crippen LogP contribution in [-0.4, -0.2) is 62.9 Å². The lowest BCUT2D eigenvalue weighted by atomic mass is 10.2. The maximum absolute atomic E-state index is 12.4. The molecule has 2 aliphatic heterocycles. The summed E-state index contributed by atoms with van der Waals surface area (Å²) in [4.78, 5) is 0. The Labute approximate surface area is 107 Å². The summed E-state index contributed by atoms with van der Waals surface area (Å²) in [5.41, 5.74) is 0. The van der Waals surface area contributed by atoms with Crippen LogP contribution in [-0.2, 0) is 19.5 Å². The average Bonchev–Trinajstić information content (AvgIpc) is 2.40. The highest BCUT2D eigenvalue weighted by Crippen LogP contribution is 2.22. The van der Waals surface area contributed by atoms with Gasteiger partial charge in [0.1, 0.15) is 0 Å². The Bertz CT molecular complexity index is 342.